The summed E-state index contributed by atoms with van der Waals surface area (Å²) in [4.78, 5) is 11.3. The first-order valence-electron chi connectivity index (χ1n) is 6.44. The van der Waals surface area contributed by atoms with Gasteiger partial charge in [-0.25, -0.2) is 0 Å². The summed E-state index contributed by atoms with van der Waals surface area (Å²) in [5.74, 6) is 0.981. The van der Waals surface area contributed by atoms with Crippen molar-refractivity contribution in [1.29, 1.82) is 0 Å². The van der Waals surface area contributed by atoms with Gasteiger partial charge in [0, 0.05) is 16.7 Å². The molecule has 108 valence electrons. The van der Waals surface area contributed by atoms with E-state index in [4.69, 9.17) is 15.2 Å². The van der Waals surface area contributed by atoms with Gasteiger partial charge in [-0.15, -0.1) is 0 Å². The molecule has 0 saturated carbocycles. The van der Waals surface area contributed by atoms with Crippen LogP contribution in [0.2, 0.25) is 0 Å². The Hall–Kier alpha value is -2.75. The molecule has 21 heavy (non-hydrogen) atoms. The zero-order valence-corrected chi connectivity index (χ0v) is 12.0. The molecule has 0 saturated heterocycles. The Morgan fingerprint density at radius 2 is 1.57 bits per heavy atom. The molecule has 2 rings (SSSR count). The molecule has 1 amide bonds. The maximum atomic E-state index is 11.3. The van der Waals surface area contributed by atoms with Crippen molar-refractivity contribution in [2.24, 2.45) is 5.73 Å². The molecule has 0 spiro atoms. The van der Waals surface area contributed by atoms with Gasteiger partial charge in [-0.3, -0.25) is 4.79 Å². The van der Waals surface area contributed by atoms with E-state index < -0.39 is 5.91 Å². The Bertz CT molecular complexity index is 677. The van der Waals surface area contributed by atoms with Gasteiger partial charge in [-0.2, -0.15) is 0 Å². The number of hydrogen-bond acceptors (Lipinski definition) is 3. The molecule has 0 heterocycles. The molecule has 0 aliphatic carbocycles. The molecule has 0 bridgehead atoms. The summed E-state index contributed by atoms with van der Waals surface area (Å²) in [6.07, 6.45) is 3.77. The molecule has 2 aromatic carbocycles. The Balaban J connectivity index is 2.39. The van der Waals surface area contributed by atoms with Gasteiger partial charge in [0.15, 0.2) is 0 Å². The van der Waals surface area contributed by atoms with Crippen LogP contribution in [0.25, 0.3) is 12.2 Å². The van der Waals surface area contributed by atoms with Crippen LogP contribution in [0.1, 0.15) is 21.5 Å². The molecular formula is C17H17NO3. The van der Waals surface area contributed by atoms with Gasteiger partial charge in [0.1, 0.15) is 11.5 Å². The van der Waals surface area contributed by atoms with Crippen molar-refractivity contribution in [2.45, 2.75) is 0 Å². The van der Waals surface area contributed by atoms with Crippen LogP contribution >= 0.6 is 0 Å². The zero-order chi connectivity index (χ0) is 15.2. The largest absolute Gasteiger partial charge is 0.496 e. The van der Waals surface area contributed by atoms with Crippen molar-refractivity contribution in [3.8, 4) is 11.5 Å². The molecule has 0 unspecified atom stereocenters. The van der Waals surface area contributed by atoms with Crippen molar-refractivity contribution in [3.63, 3.8) is 0 Å². The standard InChI is InChI=1S/C17H17NO3/c1-20-15-6-4-3-5-12(15)7-8-13-11-14(17(18)19)9-10-16(13)21-2/h3-11H,1-2H3,(H2,18,19)/b8-7+. The number of carbonyl (C=O) groups excluding carboxylic acids is 1. The molecule has 0 aliphatic heterocycles. The lowest BCUT2D eigenvalue weighted by Crippen LogP contribution is -2.10. The van der Waals surface area contributed by atoms with Gasteiger partial charge in [-0.1, -0.05) is 30.4 Å². The van der Waals surface area contributed by atoms with Crippen LogP contribution in [0.3, 0.4) is 0 Å². The van der Waals surface area contributed by atoms with Crippen molar-refractivity contribution >= 4 is 18.1 Å². The van der Waals surface area contributed by atoms with Crippen LogP contribution in [-0.4, -0.2) is 20.1 Å². The number of amides is 1. The van der Waals surface area contributed by atoms with E-state index in [2.05, 4.69) is 0 Å². The summed E-state index contributed by atoms with van der Waals surface area (Å²) < 4.78 is 10.6. The van der Waals surface area contributed by atoms with Crippen molar-refractivity contribution in [3.05, 3.63) is 59.2 Å². The number of rotatable bonds is 5. The van der Waals surface area contributed by atoms with Gasteiger partial charge in [0.25, 0.3) is 0 Å². The molecule has 2 aromatic rings. The fraction of sp³-hybridized carbons (Fsp3) is 0.118. The van der Waals surface area contributed by atoms with Crippen LogP contribution in [-0.2, 0) is 0 Å². The minimum absolute atomic E-state index is 0.440. The first-order valence-corrected chi connectivity index (χ1v) is 6.44. The number of carbonyl (C=O) groups is 1. The fourth-order valence-corrected chi connectivity index (χ4v) is 2.00. The minimum Gasteiger partial charge on any atom is -0.496 e. The highest BCUT2D eigenvalue weighted by Gasteiger charge is 2.06. The van der Waals surface area contributed by atoms with E-state index in [0.717, 1.165) is 16.9 Å². The highest BCUT2D eigenvalue weighted by atomic mass is 16.5. The van der Waals surface area contributed by atoms with Gasteiger partial charge in [0.2, 0.25) is 5.91 Å². The average Bonchev–Trinajstić information content (AvgIpc) is 2.52. The number of ether oxygens (including phenoxy) is 2. The number of primary amides is 1. The SMILES string of the molecule is COc1ccccc1/C=C/c1cc(C(N)=O)ccc1OC. The summed E-state index contributed by atoms with van der Waals surface area (Å²) >= 11 is 0. The van der Waals surface area contributed by atoms with E-state index in [0.29, 0.717) is 11.3 Å². The molecule has 0 atom stereocenters. The fourth-order valence-electron chi connectivity index (χ4n) is 2.00. The van der Waals surface area contributed by atoms with E-state index in [1.165, 1.54) is 0 Å². The molecular weight excluding hydrogens is 266 g/mol. The van der Waals surface area contributed by atoms with Gasteiger partial charge in [0.05, 0.1) is 14.2 Å². The van der Waals surface area contributed by atoms with E-state index in [-0.39, 0.29) is 0 Å². The summed E-state index contributed by atoms with van der Waals surface area (Å²) in [6, 6.07) is 12.7. The van der Waals surface area contributed by atoms with Gasteiger partial charge >= 0.3 is 0 Å². The summed E-state index contributed by atoms with van der Waals surface area (Å²) in [7, 11) is 3.21. The van der Waals surface area contributed by atoms with Crippen LogP contribution in [0.4, 0.5) is 0 Å². The lowest BCUT2D eigenvalue weighted by atomic mass is 10.1. The molecule has 0 radical (unpaired) electrons. The molecule has 4 heteroatoms. The maximum Gasteiger partial charge on any atom is 0.248 e. The quantitative estimate of drug-likeness (QED) is 0.858. The highest BCUT2D eigenvalue weighted by Crippen LogP contribution is 2.25. The number of nitrogens with two attached hydrogens (primary N) is 1. The first-order chi connectivity index (χ1) is 10.2. The number of methoxy groups -OCH3 is 2. The molecule has 2 N–H and O–H groups in total. The zero-order valence-electron chi connectivity index (χ0n) is 12.0. The van der Waals surface area contributed by atoms with Gasteiger partial charge in [-0.05, 0) is 24.3 Å². The average molecular weight is 283 g/mol. The second kappa shape index (κ2) is 6.61. The second-order valence-corrected chi connectivity index (χ2v) is 4.40. The van der Waals surface area contributed by atoms with Crippen molar-refractivity contribution in [1.82, 2.24) is 0 Å². The third-order valence-electron chi connectivity index (χ3n) is 3.10. The minimum atomic E-state index is -0.468. The monoisotopic (exact) mass is 283 g/mol. The van der Waals surface area contributed by atoms with Crippen LogP contribution in [0.15, 0.2) is 42.5 Å². The van der Waals surface area contributed by atoms with E-state index in [1.807, 2.05) is 36.4 Å². The predicted molar refractivity (Wildman–Crippen MR) is 83.4 cm³/mol. The highest BCUT2D eigenvalue weighted by molar-refractivity contribution is 5.94. The lowest BCUT2D eigenvalue weighted by molar-refractivity contribution is 0.1000. The van der Waals surface area contributed by atoms with E-state index >= 15 is 0 Å². The number of para-hydroxylation sites is 1. The number of benzene rings is 2. The topological polar surface area (TPSA) is 61.5 Å². The Labute approximate surface area is 123 Å². The van der Waals surface area contributed by atoms with Crippen molar-refractivity contribution in [2.75, 3.05) is 14.2 Å². The maximum absolute atomic E-state index is 11.3. The number of hydrogen-bond donors (Lipinski definition) is 1. The Morgan fingerprint density at radius 3 is 2.24 bits per heavy atom. The lowest BCUT2D eigenvalue weighted by Gasteiger charge is -2.07. The third kappa shape index (κ3) is 3.42. The van der Waals surface area contributed by atoms with Crippen LogP contribution in [0.5, 0.6) is 11.5 Å². The van der Waals surface area contributed by atoms with E-state index in [1.54, 1.807) is 32.4 Å². The summed E-state index contributed by atoms with van der Waals surface area (Å²) in [6.45, 7) is 0. The van der Waals surface area contributed by atoms with Crippen molar-refractivity contribution < 1.29 is 14.3 Å². The normalized spacial score (nSPS) is 10.6. The third-order valence-corrected chi connectivity index (χ3v) is 3.10. The molecule has 4 nitrogen and oxygen atoms in total. The Morgan fingerprint density at radius 1 is 0.952 bits per heavy atom. The smallest absolute Gasteiger partial charge is 0.248 e. The first kappa shape index (κ1) is 14.7. The Kier molecular flexibility index (Phi) is 4.61. The van der Waals surface area contributed by atoms with Gasteiger partial charge < -0.3 is 15.2 Å². The van der Waals surface area contributed by atoms with E-state index in [9.17, 15) is 4.79 Å². The molecule has 0 aliphatic rings. The summed E-state index contributed by atoms with van der Waals surface area (Å²) in [5.41, 5.74) is 7.46. The molecule has 0 fully saturated rings. The van der Waals surface area contributed by atoms with Crippen LogP contribution in [0, 0.1) is 0 Å². The summed E-state index contributed by atoms with van der Waals surface area (Å²) in [5, 5.41) is 0. The molecule has 0 aromatic heterocycles. The van der Waals surface area contributed by atoms with Crippen LogP contribution < -0.4 is 15.2 Å². The second-order valence-electron chi connectivity index (χ2n) is 4.40. The predicted octanol–water partition coefficient (Wildman–Crippen LogP) is 2.97.